The molecule has 0 N–H and O–H groups in total. The third-order valence-corrected chi connectivity index (χ3v) is 5.77. The second-order valence-corrected chi connectivity index (χ2v) is 8.07. The zero-order valence-corrected chi connectivity index (χ0v) is 14.3. The summed E-state index contributed by atoms with van der Waals surface area (Å²) >= 11 is 0. The van der Waals surface area contributed by atoms with Crippen molar-refractivity contribution in [2.45, 2.75) is 58.0 Å². The Morgan fingerprint density at radius 2 is 2.04 bits per heavy atom. The normalized spacial score (nSPS) is 30.6. The van der Waals surface area contributed by atoms with Crippen LogP contribution in [-0.4, -0.2) is 29.3 Å². The molecule has 4 atom stereocenters. The van der Waals surface area contributed by atoms with Crippen molar-refractivity contribution >= 4 is 5.78 Å². The molecular formula is C20H26N2O. The van der Waals surface area contributed by atoms with E-state index in [1.165, 1.54) is 12.8 Å². The van der Waals surface area contributed by atoms with Gasteiger partial charge in [-0.2, -0.15) is 5.26 Å². The Balaban J connectivity index is 1.74. The molecule has 2 bridgehead atoms. The maximum atomic E-state index is 12.8. The van der Waals surface area contributed by atoms with Crippen molar-refractivity contribution in [1.29, 1.82) is 5.26 Å². The largest absolute Gasteiger partial charge is 0.296 e. The number of nitriles is 1. The van der Waals surface area contributed by atoms with Gasteiger partial charge in [-0.25, -0.2) is 0 Å². The number of benzene rings is 1. The number of rotatable bonds is 4. The molecule has 3 rings (SSSR count). The highest BCUT2D eigenvalue weighted by Crippen LogP contribution is 2.48. The zero-order chi connectivity index (χ0) is 16.6. The van der Waals surface area contributed by atoms with Crippen molar-refractivity contribution in [2.24, 2.45) is 11.3 Å². The van der Waals surface area contributed by atoms with Crippen LogP contribution in [0.15, 0.2) is 30.3 Å². The van der Waals surface area contributed by atoms with Crippen LogP contribution in [0.25, 0.3) is 0 Å². The van der Waals surface area contributed by atoms with Crippen molar-refractivity contribution in [3.8, 4) is 6.07 Å². The summed E-state index contributed by atoms with van der Waals surface area (Å²) < 4.78 is 0. The van der Waals surface area contributed by atoms with E-state index in [9.17, 15) is 10.1 Å². The summed E-state index contributed by atoms with van der Waals surface area (Å²) in [6.45, 7) is 7.34. The first kappa shape index (κ1) is 16.2. The molecule has 1 aromatic rings. The van der Waals surface area contributed by atoms with Crippen molar-refractivity contribution in [1.82, 2.24) is 4.90 Å². The van der Waals surface area contributed by atoms with E-state index in [2.05, 4.69) is 31.7 Å². The van der Waals surface area contributed by atoms with Crippen LogP contribution in [0.2, 0.25) is 0 Å². The first-order valence-electron chi connectivity index (χ1n) is 8.64. The monoisotopic (exact) mass is 310 g/mol. The van der Waals surface area contributed by atoms with Crippen molar-refractivity contribution < 1.29 is 4.79 Å². The van der Waals surface area contributed by atoms with Gasteiger partial charge >= 0.3 is 0 Å². The van der Waals surface area contributed by atoms with Crippen LogP contribution in [0.4, 0.5) is 0 Å². The summed E-state index contributed by atoms with van der Waals surface area (Å²) in [7, 11) is 0. The zero-order valence-electron chi connectivity index (χ0n) is 14.3. The number of carbonyl (C=O) groups excluding carboxylic acids is 1. The molecule has 23 heavy (non-hydrogen) atoms. The standard InChI is InChI=1S/C20H26N2O/c1-14-16-9-17(11-20(2,3)10-16)22(14)13-19(23)18(12-21)15-7-5-4-6-8-15/h4-8,14,16-18H,9-11,13H2,1-3H3/t14-,16-,17-,18+/m0/s1. The second-order valence-electron chi connectivity index (χ2n) is 8.07. The Morgan fingerprint density at radius 1 is 1.35 bits per heavy atom. The lowest BCUT2D eigenvalue weighted by Gasteiger charge is -2.35. The number of ketones is 1. The molecule has 122 valence electrons. The quantitative estimate of drug-likeness (QED) is 0.850. The lowest BCUT2D eigenvalue weighted by atomic mass is 9.71. The summed E-state index contributed by atoms with van der Waals surface area (Å²) in [5.74, 6) is 0.0848. The SMILES string of the molecule is C[C@H]1[C@H]2C[C@@H](CC(C)(C)C2)N1CC(=O)[C@H](C#N)c1ccccc1. The predicted octanol–water partition coefficient (Wildman–Crippen LogP) is 3.76. The van der Waals surface area contributed by atoms with Crippen LogP contribution in [0, 0.1) is 22.7 Å². The van der Waals surface area contributed by atoms with E-state index in [-0.39, 0.29) is 5.78 Å². The van der Waals surface area contributed by atoms with Crippen LogP contribution >= 0.6 is 0 Å². The number of Topliss-reactive ketones (excluding diaryl/α,β-unsaturated/α-hetero) is 1. The molecule has 2 aliphatic rings. The number of likely N-dealkylation sites (tertiary alicyclic amines) is 1. The lowest BCUT2D eigenvalue weighted by Crippen LogP contribution is -2.40. The van der Waals surface area contributed by atoms with Gasteiger partial charge in [0.15, 0.2) is 5.78 Å². The minimum Gasteiger partial charge on any atom is -0.296 e. The molecule has 1 aliphatic heterocycles. The molecule has 1 saturated heterocycles. The van der Waals surface area contributed by atoms with Crippen molar-refractivity contribution in [2.75, 3.05) is 6.54 Å². The van der Waals surface area contributed by atoms with E-state index < -0.39 is 5.92 Å². The predicted molar refractivity (Wildman–Crippen MR) is 90.9 cm³/mol. The highest BCUT2D eigenvalue weighted by molar-refractivity contribution is 5.90. The average Bonchev–Trinajstić information content (AvgIpc) is 2.72. The summed E-state index contributed by atoms with van der Waals surface area (Å²) in [6.07, 6.45) is 3.61. The third-order valence-electron chi connectivity index (χ3n) is 5.77. The number of fused-ring (bicyclic) bond motifs is 2. The maximum Gasteiger partial charge on any atom is 0.168 e. The van der Waals surface area contributed by atoms with Gasteiger partial charge in [0.1, 0.15) is 5.92 Å². The molecule has 0 spiro atoms. The fourth-order valence-electron chi connectivity index (χ4n) is 4.69. The summed E-state index contributed by atoms with van der Waals surface area (Å²) in [5.41, 5.74) is 1.18. The maximum absolute atomic E-state index is 12.8. The van der Waals surface area contributed by atoms with Crippen LogP contribution in [0.3, 0.4) is 0 Å². The number of hydrogen-bond acceptors (Lipinski definition) is 3. The van der Waals surface area contributed by atoms with Gasteiger partial charge in [0, 0.05) is 12.1 Å². The molecule has 0 unspecified atom stereocenters. The minimum absolute atomic E-state index is 0.0379. The van der Waals surface area contributed by atoms with Crippen molar-refractivity contribution in [3.63, 3.8) is 0 Å². The van der Waals surface area contributed by atoms with E-state index in [1.807, 2.05) is 30.3 Å². The van der Waals surface area contributed by atoms with E-state index in [0.717, 1.165) is 12.0 Å². The molecule has 3 heteroatoms. The van der Waals surface area contributed by atoms with Crippen LogP contribution < -0.4 is 0 Å². The smallest absolute Gasteiger partial charge is 0.168 e. The van der Waals surface area contributed by atoms with E-state index in [0.29, 0.717) is 30.0 Å². The fraction of sp³-hybridized carbons (Fsp3) is 0.600. The van der Waals surface area contributed by atoms with Crippen molar-refractivity contribution in [3.05, 3.63) is 35.9 Å². The summed E-state index contributed by atoms with van der Waals surface area (Å²) in [4.78, 5) is 15.1. The van der Waals surface area contributed by atoms with Gasteiger partial charge < -0.3 is 0 Å². The molecule has 1 saturated carbocycles. The van der Waals surface area contributed by atoms with Gasteiger partial charge in [-0.15, -0.1) is 0 Å². The fourth-order valence-corrected chi connectivity index (χ4v) is 4.69. The van der Waals surface area contributed by atoms with Gasteiger partial charge in [-0.05, 0) is 43.1 Å². The molecular weight excluding hydrogens is 284 g/mol. The minimum atomic E-state index is -0.642. The molecule has 0 aromatic heterocycles. The number of nitrogens with zero attached hydrogens (tertiary/aromatic N) is 2. The van der Waals surface area contributed by atoms with Gasteiger partial charge in [0.2, 0.25) is 0 Å². The molecule has 3 nitrogen and oxygen atoms in total. The van der Waals surface area contributed by atoms with Gasteiger partial charge in [0.05, 0.1) is 12.6 Å². The Hall–Kier alpha value is -1.66. The van der Waals surface area contributed by atoms with E-state index >= 15 is 0 Å². The van der Waals surface area contributed by atoms with Gasteiger partial charge in [-0.1, -0.05) is 44.2 Å². The molecule has 1 heterocycles. The average molecular weight is 310 g/mol. The molecule has 1 aliphatic carbocycles. The lowest BCUT2D eigenvalue weighted by molar-refractivity contribution is -0.121. The summed E-state index contributed by atoms with van der Waals surface area (Å²) in [6, 6.07) is 12.6. The topological polar surface area (TPSA) is 44.1 Å². The highest BCUT2D eigenvalue weighted by atomic mass is 16.1. The van der Waals surface area contributed by atoms with Gasteiger partial charge in [-0.3, -0.25) is 9.69 Å². The Kier molecular flexibility index (Phi) is 4.29. The Labute approximate surface area is 139 Å². The molecule has 0 radical (unpaired) electrons. The number of carbonyl (C=O) groups is 1. The van der Waals surface area contributed by atoms with Crippen LogP contribution in [0.1, 0.15) is 51.5 Å². The Bertz CT molecular complexity index is 616. The molecule has 2 fully saturated rings. The first-order valence-corrected chi connectivity index (χ1v) is 8.64. The molecule has 1 aromatic carbocycles. The Morgan fingerprint density at radius 3 is 2.70 bits per heavy atom. The second kappa shape index (κ2) is 6.09. The highest BCUT2D eigenvalue weighted by Gasteiger charge is 2.47. The van der Waals surface area contributed by atoms with Gasteiger partial charge in [0.25, 0.3) is 0 Å². The summed E-state index contributed by atoms with van der Waals surface area (Å²) in [5, 5.41) is 9.47. The van der Waals surface area contributed by atoms with E-state index in [4.69, 9.17) is 0 Å². The van der Waals surface area contributed by atoms with Crippen LogP contribution in [-0.2, 0) is 4.79 Å². The number of hydrogen-bond donors (Lipinski definition) is 0. The molecule has 0 amide bonds. The van der Waals surface area contributed by atoms with Crippen LogP contribution in [0.5, 0.6) is 0 Å². The first-order chi connectivity index (χ1) is 10.9. The van der Waals surface area contributed by atoms with E-state index in [1.54, 1.807) is 0 Å². The third kappa shape index (κ3) is 3.19.